The summed E-state index contributed by atoms with van der Waals surface area (Å²) < 4.78 is 13.2. The van der Waals surface area contributed by atoms with E-state index < -0.39 is 0 Å². The topological polar surface area (TPSA) is 15.3 Å². The zero-order valence-corrected chi connectivity index (χ0v) is 13.4. The first-order valence-electron chi connectivity index (χ1n) is 8.07. The van der Waals surface area contributed by atoms with Gasteiger partial charge in [-0.05, 0) is 69.3 Å². The SMILES string of the molecule is CC(c1ccc(F)cc1Cl)N1CCCC(C2CCCN2)C1. The monoisotopic (exact) mass is 310 g/mol. The summed E-state index contributed by atoms with van der Waals surface area (Å²) in [6, 6.07) is 5.70. The molecule has 1 aromatic carbocycles. The lowest BCUT2D eigenvalue weighted by molar-refractivity contribution is 0.115. The van der Waals surface area contributed by atoms with Crippen LogP contribution in [0.1, 0.15) is 44.2 Å². The summed E-state index contributed by atoms with van der Waals surface area (Å²) in [5.41, 5.74) is 1.04. The van der Waals surface area contributed by atoms with Crippen molar-refractivity contribution in [3.63, 3.8) is 0 Å². The Kier molecular flexibility index (Phi) is 4.82. The van der Waals surface area contributed by atoms with Crippen LogP contribution in [0.4, 0.5) is 4.39 Å². The molecule has 0 bridgehead atoms. The lowest BCUT2D eigenvalue weighted by Crippen LogP contribution is -2.44. The van der Waals surface area contributed by atoms with Gasteiger partial charge in [-0.2, -0.15) is 0 Å². The van der Waals surface area contributed by atoms with Crippen molar-refractivity contribution in [1.82, 2.24) is 10.2 Å². The second-order valence-corrected chi connectivity index (χ2v) is 6.85. The Morgan fingerprint density at radius 2 is 2.19 bits per heavy atom. The molecule has 3 rings (SSSR count). The van der Waals surface area contributed by atoms with Crippen LogP contribution in [0.15, 0.2) is 18.2 Å². The van der Waals surface area contributed by atoms with Gasteiger partial charge in [0, 0.05) is 23.7 Å². The lowest BCUT2D eigenvalue weighted by Gasteiger charge is -2.39. The van der Waals surface area contributed by atoms with Crippen molar-refractivity contribution in [1.29, 1.82) is 0 Å². The molecular weight excluding hydrogens is 287 g/mol. The Balaban J connectivity index is 1.70. The molecule has 1 N–H and O–H groups in total. The molecule has 3 atom stereocenters. The number of benzene rings is 1. The summed E-state index contributed by atoms with van der Waals surface area (Å²) >= 11 is 6.23. The number of hydrogen-bond donors (Lipinski definition) is 1. The molecule has 2 heterocycles. The van der Waals surface area contributed by atoms with Crippen LogP contribution < -0.4 is 5.32 Å². The van der Waals surface area contributed by atoms with Crippen molar-refractivity contribution in [2.75, 3.05) is 19.6 Å². The van der Waals surface area contributed by atoms with E-state index in [1.54, 1.807) is 0 Å². The lowest BCUT2D eigenvalue weighted by atomic mass is 9.88. The largest absolute Gasteiger partial charge is 0.314 e. The average molecular weight is 311 g/mol. The summed E-state index contributed by atoms with van der Waals surface area (Å²) in [6.45, 7) is 5.58. The molecule has 2 fully saturated rings. The number of hydrogen-bond acceptors (Lipinski definition) is 2. The van der Waals surface area contributed by atoms with Crippen LogP contribution in [-0.4, -0.2) is 30.6 Å². The molecule has 0 radical (unpaired) electrons. The Hall–Kier alpha value is -0.640. The third kappa shape index (κ3) is 3.41. The Morgan fingerprint density at radius 1 is 1.33 bits per heavy atom. The molecule has 2 aliphatic heterocycles. The van der Waals surface area contributed by atoms with Gasteiger partial charge in [-0.3, -0.25) is 4.90 Å². The third-order valence-corrected chi connectivity index (χ3v) is 5.44. The third-order valence-electron chi connectivity index (χ3n) is 5.12. The quantitative estimate of drug-likeness (QED) is 0.907. The van der Waals surface area contributed by atoms with E-state index in [4.69, 9.17) is 11.6 Å². The molecule has 21 heavy (non-hydrogen) atoms. The highest BCUT2D eigenvalue weighted by molar-refractivity contribution is 6.31. The normalized spacial score (nSPS) is 28.7. The first kappa shape index (κ1) is 15.3. The van der Waals surface area contributed by atoms with E-state index in [1.807, 2.05) is 6.07 Å². The van der Waals surface area contributed by atoms with Crippen LogP contribution in [-0.2, 0) is 0 Å². The van der Waals surface area contributed by atoms with Crippen LogP contribution in [0.2, 0.25) is 5.02 Å². The molecule has 0 spiro atoms. The first-order chi connectivity index (χ1) is 10.1. The standard InChI is InChI=1S/C17H24ClFN2/c1-12(15-7-6-14(19)10-16(15)18)21-9-3-4-13(11-21)17-5-2-8-20-17/h6-7,10,12-13,17,20H,2-5,8-9,11H2,1H3. The fourth-order valence-corrected chi connectivity index (χ4v) is 4.20. The van der Waals surface area contributed by atoms with Gasteiger partial charge < -0.3 is 5.32 Å². The fraction of sp³-hybridized carbons (Fsp3) is 0.647. The van der Waals surface area contributed by atoms with E-state index in [0.717, 1.165) is 24.6 Å². The minimum absolute atomic E-state index is 0.252. The van der Waals surface area contributed by atoms with Crippen molar-refractivity contribution >= 4 is 11.6 Å². The van der Waals surface area contributed by atoms with Crippen molar-refractivity contribution in [2.45, 2.75) is 44.7 Å². The second kappa shape index (κ2) is 6.64. The van der Waals surface area contributed by atoms with Gasteiger partial charge >= 0.3 is 0 Å². The molecule has 116 valence electrons. The van der Waals surface area contributed by atoms with E-state index in [2.05, 4.69) is 17.1 Å². The predicted molar refractivity (Wildman–Crippen MR) is 85.1 cm³/mol. The van der Waals surface area contributed by atoms with Crippen molar-refractivity contribution < 1.29 is 4.39 Å². The number of nitrogens with zero attached hydrogens (tertiary/aromatic N) is 1. The van der Waals surface area contributed by atoms with E-state index in [1.165, 1.54) is 44.4 Å². The predicted octanol–water partition coefficient (Wildman–Crippen LogP) is 4.00. The minimum atomic E-state index is -0.261. The number of piperidine rings is 1. The molecule has 3 unspecified atom stereocenters. The highest BCUT2D eigenvalue weighted by Gasteiger charge is 2.31. The highest BCUT2D eigenvalue weighted by atomic mass is 35.5. The van der Waals surface area contributed by atoms with Gasteiger partial charge in [0.2, 0.25) is 0 Å². The second-order valence-electron chi connectivity index (χ2n) is 6.44. The number of nitrogens with one attached hydrogen (secondary N) is 1. The van der Waals surface area contributed by atoms with Gasteiger partial charge in [0.1, 0.15) is 5.82 Å². The van der Waals surface area contributed by atoms with Gasteiger partial charge in [-0.1, -0.05) is 17.7 Å². The van der Waals surface area contributed by atoms with E-state index in [9.17, 15) is 4.39 Å². The molecule has 4 heteroatoms. The Labute approximate surface area is 131 Å². The first-order valence-corrected chi connectivity index (χ1v) is 8.45. The van der Waals surface area contributed by atoms with Crippen LogP contribution >= 0.6 is 11.6 Å². The van der Waals surface area contributed by atoms with Gasteiger partial charge in [-0.15, -0.1) is 0 Å². The van der Waals surface area contributed by atoms with Gasteiger partial charge in [0.15, 0.2) is 0 Å². The summed E-state index contributed by atoms with van der Waals surface area (Å²) in [5.74, 6) is 0.477. The summed E-state index contributed by atoms with van der Waals surface area (Å²) in [6.07, 6.45) is 5.18. The molecular formula is C17H24ClFN2. The summed E-state index contributed by atoms with van der Waals surface area (Å²) in [4.78, 5) is 2.51. The van der Waals surface area contributed by atoms with Crippen molar-refractivity contribution in [3.8, 4) is 0 Å². The zero-order chi connectivity index (χ0) is 14.8. The molecule has 0 saturated carbocycles. The zero-order valence-electron chi connectivity index (χ0n) is 12.6. The minimum Gasteiger partial charge on any atom is -0.314 e. The number of likely N-dealkylation sites (tertiary alicyclic amines) is 1. The average Bonchev–Trinajstić information content (AvgIpc) is 3.01. The molecule has 2 nitrogen and oxygen atoms in total. The maximum Gasteiger partial charge on any atom is 0.124 e. The summed E-state index contributed by atoms with van der Waals surface area (Å²) in [7, 11) is 0. The van der Waals surface area contributed by atoms with Crippen LogP contribution in [0.5, 0.6) is 0 Å². The number of halogens is 2. The van der Waals surface area contributed by atoms with Gasteiger partial charge in [0.05, 0.1) is 0 Å². The van der Waals surface area contributed by atoms with Gasteiger partial charge in [0.25, 0.3) is 0 Å². The van der Waals surface area contributed by atoms with Crippen molar-refractivity contribution in [2.24, 2.45) is 5.92 Å². The Bertz CT molecular complexity index is 488. The fourth-order valence-electron chi connectivity index (χ4n) is 3.87. The Morgan fingerprint density at radius 3 is 2.90 bits per heavy atom. The van der Waals surface area contributed by atoms with Gasteiger partial charge in [-0.25, -0.2) is 4.39 Å². The maximum atomic E-state index is 13.2. The molecule has 1 aromatic rings. The van der Waals surface area contributed by atoms with Crippen LogP contribution in [0.3, 0.4) is 0 Å². The van der Waals surface area contributed by atoms with Crippen LogP contribution in [0, 0.1) is 11.7 Å². The van der Waals surface area contributed by atoms with Crippen LogP contribution in [0.25, 0.3) is 0 Å². The summed E-state index contributed by atoms with van der Waals surface area (Å²) in [5, 5.41) is 4.19. The van der Waals surface area contributed by atoms with E-state index >= 15 is 0 Å². The maximum absolute atomic E-state index is 13.2. The molecule has 0 aromatic heterocycles. The van der Waals surface area contributed by atoms with E-state index in [-0.39, 0.29) is 11.9 Å². The highest BCUT2D eigenvalue weighted by Crippen LogP contribution is 2.33. The van der Waals surface area contributed by atoms with Crippen molar-refractivity contribution in [3.05, 3.63) is 34.6 Å². The van der Waals surface area contributed by atoms with E-state index in [0.29, 0.717) is 11.1 Å². The smallest absolute Gasteiger partial charge is 0.124 e. The molecule has 0 amide bonds. The molecule has 0 aliphatic carbocycles. The molecule has 2 aliphatic rings. The molecule has 2 saturated heterocycles. The number of rotatable bonds is 3.